The van der Waals surface area contributed by atoms with Crippen molar-refractivity contribution in [3.05, 3.63) is 62.6 Å². The van der Waals surface area contributed by atoms with Crippen LogP contribution in [0.4, 0.5) is 11.4 Å². The summed E-state index contributed by atoms with van der Waals surface area (Å²) < 4.78 is 10.7. The number of carbonyl (C=O) groups is 4. The summed E-state index contributed by atoms with van der Waals surface area (Å²) in [4.78, 5) is 59.5. The highest BCUT2D eigenvalue weighted by molar-refractivity contribution is 9.10. The van der Waals surface area contributed by atoms with Crippen LogP contribution in [-0.2, 0) is 19.1 Å². The van der Waals surface area contributed by atoms with Gasteiger partial charge in [-0.1, -0.05) is 15.9 Å². The van der Waals surface area contributed by atoms with E-state index in [0.29, 0.717) is 5.56 Å². The number of nitrogens with zero attached hydrogens (tertiary/aromatic N) is 2. The van der Waals surface area contributed by atoms with Crippen LogP contribution in [0.2, 0.25) is 0 Å². The van der Waals surface area contributed by atoms with Gasteiger partial charge in [-0.05, 0) is 30.3 Å². The van der Waals surface area contributed by atoms with Gasteiger partial charge in [-0.2, -0.15) is 0 Å². The predicted molar refractivity (Wildman–Crippen MR) is 121 cm³/mol. The minimum absolute atomic E-state index is 0.122. The molecule has 2 N–H and O–H groups in total. The van der Waals surface area contributed by atoms with Gasteiger partial charge < -0.3 is 14.8 Å². The normalized spacial score (nSPS) is 14.9. The van der Waals surface area contributed by atoms with Gasteiger partial charge in [0.2, 0.25) is 5.91 Å². The van der Waals surface area contributed by atoms with E-state index in [1.165, 1.54) is 25.3 Å². The third-order valence-corrected chi connectivity index (χ3v) is 5.35. The Hall–Kier alpha value is -4.00. The summed E-state index contributed by atoms with van der Waals surface area (Å²) in [5, 5.41) is 14.5. The first kappa shape index (κ1) is 24.6. The second kappa shape index (κ2) is 10.7. The van der Waals surface area contributed by atoms with Gasteiger partial charge >= 0.3 is 5.97 Å². The number of carbonyl (C=O) groups excluding carboxylic acids is 4. The highest BCUT2D eigenvalue weighted by Crippen LogP contribution is 2.28. The Kier molecular flexibility index (Phi) is 7.79. The van der Waals surface area contributed by atoms with Gasteiger partial charge in [0.05, 0.1) is 24.5 Å². The van der Waals surface area contributed by atoms with E-state index in [1.807, 2.05) is 0 Å². The topological polar surface area (TPSA) is 157 Å². The van der Waals surface area contributed by atoms with Crippen molar-refractivity contribution in [3.63, 3.8) is 0 Å². The number of ether oxygens (including phenoxy) is 2. The molecule has 0 aliphatic carbocycles. The number of benzene rings is 2. The third kappa shape index (κ3) is 6.07. The maximum Gasteiger partial charge on any atom is 0.311 e. The van der Waals surface area contributed by atoms with Gasteiger partial charge in [-0.15, -0.1) is 0 Å². The molecule has 2 aromatic carbocycles. The van der Waals surface area contributed by atoms with Crippen molar-refractivity contribution in [3.8, 4) is 5.75 Å². The SMILES string of the molecule is COc1ccc([N+](=O)[O-])c(NC(=O)COC(=O)[C@H]2CC(=O)N(NC(=O)c3ccc(Br)cc3)C2)c1. The molecule has 0 aromatic heterocycles. The number of hydrogen-bond donors (Lipinski definition) is 2. The number of esters is 1. The molecule has 0 spiro atoms. The Morgan fingerprint density at radius 3 is 2.56 bits per heavy atom. The Morgan fingerprint density at radius 2 is 1.91 bits per heavy atom. The number of anilines is 1. The van der Waals surface area contributed by atoms with Crippen LogP contribution in [-0.4, -0.2) is 53.9 Å². The minimum atomic E-state index is -0.892. The second-order valence-electron chi connectivity index (χ2n) is 7.15. The van der Waals surface area contributed by atoms with Crippen molar-refractivity contribution in [2.75, 3.05) is 25.6 Å². The van der Waals surface area contributed by atoms with E-state index in [-0.39, 0.29) is 30.1 Å². The molecule has 12 nitrogen and oxygen atoms in total. The lowest BCUT2D eigenvalue weighted by atomic mass is 10.1. The molecule has 178 valence electrons. The maximum atomic E-state index is 12.3. The van der Waals surface area contributed by atoms with E-state index in [4.69, 9.17) is 9.47 Å². The fourth-order valence-corrected chi connectivity index (χ4v) is 3.37. The van der Waals surface area contributed by atoms with Crippen molar-refractivity contribution in [2.24, 2.45) is 5.92 Å². The molecule has 0 bridgehead atoms. The molecule has 1 aliphatic rings. The van der Waals surface area contributed by atoms with Gasteiger partial charge in [0.25, 0.3) is 17.5 Å². The molecular formula is C21H19BrN4O8. The highest BCUT2D eigenvalue weighted by Gasteiger charge is 2.36. The summed E-state index contributed by atoms with van der Waals surface area (Å²) >= 11 is 3.26. The van der Waals surface area contributed by atoms with Crippen LogP contribution < -0.4 is 15.5 Å². The minimum Gasteiger partial charge on any atom is -0.497 e. The molecule has 1 aliphatic heterocycles. The van der Waals surface area contributed by atoms with E-state index < -0.39 is 41.1 Å². The van der Waals surface area contributed by atoms with E-state index in [2.05, 4.69) is 26.7 Å². The van der Waals surface area contributed by atoms with Gasteiger partial charge in [-0.25, -0.2) is 0 Å². The number of rotatable bonds is 8. The molecule has 1 heterocycles. The predicted octanol–water partition coefficient (Wildman–Crippen LogP) is 2.04. The van der Waals surface area contributed by atoms with Gasteiger partial charge in [0.15, 0.2) is 6.61 Å². The zero-order valence-electron chi connectivity index (χ0n) is 17.8. The fourth-order valence-electron chi connectivity index (χ4n) is 3.10. The average molecular weight is 535 g/mol. The first-order valence-corrected chi connectivity index (χ1v) is 10.6. The zero-order chi connectivity index (χ0) is 24.8. The Bertz CT molecular complexity index is 1140. The van der Waals surface area contributed by atoms with E-state index in [9.17, 15) is 29.3 Å². The fraction of sp³-hybridized carbons (Fsp3) is 0.238. The molecule has 0 saturated carbocycles. The summed E-state index contributed by atoms with van der Waals surface area (Å²) in [5.74, 6) is -3.24. The maximum absolute atomic E-state index is 12.3. The monoisotopic (exact) mass is 534 g/mol. The highest BCUT2D eigenvalue weighted by atomic mass is 79.9. The molecule has 3 rings (SSSR count). The van der Waals surface area contributed by atoms with E-state index in [1.54, 1.807) is 24.3 Å². The van der Waals surface area contributed by atoms with Gasteiger partial charge in [-0.3, -0.25) is 39.7 Å². The number of methoxy groups -OCH3 is 1. The van der Waals surface area contributed by atoms with Crippen LogP contribution in [0.15, 0.2) is 46.9 Å². The lowest BCUT2D eigenvalue weighted by molar-refractivity contribution is -0.383. The van der Waals surface area contributed by atoms with Crippen molar-refractivity contribution >= 4 is 51.0 Å². The Labute approximate surface area is 201 Å². The largest absolute Gasteiger partial charge is 0.497 e. The zero-order valence-corrected chi connectivity index (χ0v) is 19.4. The summed E-state index contributed by atoms with van der Waals surface area (Å²) in [7, 11) is 1.36. The van der Waals surface area contributed by atoms with Crippen molar-refractivity contribution < 1.29 is 33.6 Å². The smallest absolute Gasteiger partial charge is 0.311 e. The summed E-state index contributed by atoms with van der Waals surface area (Å²) in [6.45, 7) is -0.841. The molecular weight excluding hydrogens is 516 g/mol. The number of halogens is 1. The van der Waals surface area contributed by atoms with Crippen LogP contribution in [0.25, 0.3) is 0 Å². The molecule has 1 saturated heterocycles. The quantitative estimate of drug-likeness (QED) is 0.296. The number of nitro benzene ring substituents is 1. The first-order valence-electron chi connectivity index (χ1n) is 9.83. The average Bonchev–Trinajstić information content (AvgIpc) is 3.17. The molecule has 2 aromatic rings. The van der Waals surface area contributed by atoms with Crippen molar-refractivity contribution in [1.82, 2.24) is 10.4 Å². The first-order chi connectivity index (χ1) is 16.2. The lowest BCUT2D eigenvalue weighted by Crippen LogP contribution is -2.43. The molecule has 34 heavy (non-hydrogen) atoms. The van der Waals surface area contributed by atoms with Crippen molar-refractivity contribution in [1.29, 1.82) is 0 Å². The van der Waals surface area contributed by atoms with Crippen molar-refractivity contribution in [2.45, 2.75) is 6.42 Å². The number of hydrazine groups is 1. The van der Waals surface area contributed by atoms with Crippen LogP contribution >= 0.6 is 15.9 Å². The molecule has 3 amide bonds. The summed E-state index contributed by atoms with van der Waals surface area (Å²) in [6.07, 6.45) is -0.206. The number of nitro groups is 1. The molecule has 13 heteroatoms. The Balaban J connectivity index is 1.53. The molecule has 0 radical (unpaired) electrons. The van der Waals surface area contributed by atoms with Gasteiger partial charge in [0.1, 0.15) is 11.4 Å². The second-order valence-corrected chi connectivity index (χ2v) is 8.06. The van der Waals surface area contributed by atoms with Crippen LogP contribution in [0.3, 0.4) is 0 Å². The Morgan fingerprint density at radius 1 is 1.21 bits per heavy atom. The summed E-state index contributed by atoms with van der Waals surface area (Å²) in [5.41, 5.74) is 2.28. The van der Waals surface area contributed by atoms with Crippen LogP contribution in [0.5, 0.6) is 5.75 Å². The van der Waals surface area contributed by atoms with E-state index in [0.717, 1.165) is 9.48 Å². The molecule has 1 fully saturated rings. The lowest BCUT2D eigenvalue weighted by Gasteiger charge is -2.17. The standard InChI is InChI=1S/C21H19BrN4O8/c1-33-15-6-7-17(26(31)32)16(9-15)23-18(27)11-34-21(30)13-8-19(28)25(10-13)24-20(29)12-2-4-14(22)5-3-12/h2-7,9,13H,8,10-11H2,1H3,(H,23,27)(H,24,29)/t13-/m0/s1. The third-order valence-electron chi connectivity index (χ3n) is 4.82. The van der Waals surface area contributed by atoms with Gasteiger partial charge in [0, 0.05) is 28.6 Å². The van der Waals surface area contributed by atoms with Crippen LogP contribution in [0.1, 0.15) is 16.8 Å². The number of hydrogen-bond acceptors (Lipinski definition) is 8. The van der Waals surface area contributed by atoms with Crippen LogP contribution in [0, 0.1) is 16.0 Å². The summed E-state index contributed by atoms with van der Waals surface area (Å²) in [6, 6.07) is 10.3. The molecule has 0 unspecified atom stereocenters. The van der Waals surface area contributed by atoms with E-state index >= 15 is 0 Å². The number of amides is 3. The number of nitrogens with one attached hydrogen (secondary N) is 2. The molecule has 1 atom stereocenters.